The molecule has 33 nitrogen and oxygen atoms in total. The Morgan fingerprint density at radius 1 is 0.328 bits per heavy atom. The Kier molecular flexibility index (Phi) is 38.6. The van der Waals surface area contributed by atoms with E-state index in [2.05, 4.69) is 128 Å². The summed E-state index contributed by atoms with van der Waals surface area (Å²) in [5.41, 5.74) is 1.68. The zero-order chi connectivity index (χ0) is 86.9. The van der Waals surface area contributed by atoms with E-state index in [0.29, 0.717) is 109 Å². The monoisotopic (exact) mass is 1640 g/mol. The highest BCUT2D eigenvalue weighted by Gasteiger charge is 2.39. The Hall–Kier alpha value is -9.24. The van der Waals surface area contributed by atoms with Crippen LogP contribution in [0.1, 0.15) is 258 Å². The maximum Gasteiger partial charge on any atom is 0.354 e. The predicted octanol–water partition coefficient (Wildman–Crippen LogP) is 6.79. The molecule has 0 spiro atoms. The number of allylic oxidation sites excluding steroid dienone is 4. The highest BCUT2D eigenvalue weighted by molar-refractivity contribution is 5.95. The molecule has 0 aromatic rings. The Labute approximate surface area is 683 Å². The summed E-state index contributed by atoms with van der Waals surface area (Å²) in [5.74, 6) is -6.62. The number of hydrogen-bond donors (Lipinski definition) is 6. The van der Waals surface area contributed by atoms with Gasteiger partial charge < -0.3 is 51.3 Å². The normalized spacial score (nSPS) is 25.3. The van der Waals surface area contributed by atoms with E-state index in [-0.39, 0.29) is 117 Å². The number of piperidine rings is 3. The molecule has 7 heterocycles. The lowest BCUT2D eigenvalue weighted by Crippen LogP contribution is -2.54. The molecule has 116 heavy (non-hydrogen) atoms. The molecule has 33 heteroatoms. The summed E-state index contributed by atoms with van der Waals surface area (Å²) in [5, 5.41) is 19.5. The molecule has 10 amide bonds. The average molecular weight is 1640 g/mol. The third-order valence-corrected chi connectivity index (χ3v) is 23.1. The molecule has 7 saturated heterocycles. The number of carbonyl (C=O) groups excluding carboxylic acids is 16. The molecule has 0 bridgehead atoms. The van der Waals surface area contributed by atoms with Crippen molar-refractivity contribution in [2.75, 3.05) is 19.6 Å². The number of rotatable bonds is 30. The lowest BCUT2D eigenvalue weighted by Gasteiger charge is -2.38. The number of amides is 10. The van der Waals surface area contributed by atoms with Crippen LogP contribution in [0.5, 0.6) is 0 Å². The van der Waals surface area contributed by atoms with E-state index >= 15 is 0 Å². The number of nitrogens with zero attached hydrogens (tertiary/aromatic N) is 7. The topological polar surface area (TPSA) is 405 Å². The van der Waals surface area contributed by atoms with Crippen LogP contribution in [-0.4, -0.2) is 222 Å². The summed E-state index contributed by atoms with van der Waals surface area (Å²) >= 11 is 0. The van der Waals surface area contributed by atoms with Crippen LogP contribution in [0, 0.1) is 29.6 Å². The summed E-state index contributed by atoms with van der Waals surface area (Å²) in [6, 6.07) is -2.92. The highest BCUT2D eigenvalue weighted by Crippen LogP contribution is 2.37. The van der Waals surface area contributed by atoms with Crippen LogP contribution in [0.3, 0.4) is 0 Å². The first kappa shape index (κ1) is 97.3. The smallest absolute Gasteiger partial charge is 0.345 e. The number of Topliss-reactive ketones (excluding diaryl/α,β-unsaturated/α-hetero) is 2. The van der Waals surface area contributed by atoms with Gasteiger partial charge in [0.15, 0.2) is 11.6 Å². The molecule has 648 valence electrons. The average Bonchev–Trinajstić information content (AvgIpc) is 1.79. The molecule has 7 aliphatic heterocycles. The lowest BCUT2D eigenvalue weighted by atomic mass is 9.73. The van der Waals surface area contributed by atoms with Crippen molar-refractivity contribution in [1.29, 1.82) is 0 Å². The molecule has 0 radical (unpaired) electrons. The largest absolute Gasteiger partial charge is 0.354 e. The molecular formula is C83H131N13O20. The fraction of sp³-hybridized carbons (Fsp3) is 0.711. The standard InChI is InChI=1S/3C21H33N3O5.C20H32N4O5/c2*1-13(21(28)29-24-16(4)9-10-20(24)27)11-18(25)17(5)22-19(26)12-23-14(2)7-6-8-15(23)3;1-12-7-6-8-13(2)17(12)11-18(25)22-15(4)20(27)23-16(5)21(28)29-24-14(3)9-10-19(24)26;1-12-7-6-8-13(2)23(12)11-17(25)21-15(4)19(27)22-16(5)20(28)29-24-14(3)9-10-18(24)26/h2*13-15,17H,4,6-12H2,1-3,5H3,(H,22,26);12-13,15-17H,3,6-11H2,1-2,4-5H3,(H,22,25)(H,23,27);12-13,15-16H,3,6-11H2,1-2,4-5H3,(H,21,25)(H,22,27)/i19+1,21+1,22+1;18+1,19+1,21+1;18+1,22+1,23+1;21+1,22+1,23+1. The van der Waals surface area contributed by atoms with Crippen molar-refractivity contribution in [3.05, 3.63) is 49.1 Å². The van der Waals surface area contributed by atoms with Crippen molar-refractivity contribution in [3.63, 3.8) is 0 Å². The molecule has 1 saturated carbocycles. The molecule has 1 aliphatic carbocycles. The third-order valence-electron chi connectivity index (χ3n) is 23.1. The van der Waals surface area contributed by atoms with Crippen molar-refractivity contribution in [2.45, 2.75) is 331 Å². The van der Waals surface area contributed by atoms with Gasteiger partial charge in [-0.3, -0.25) is 72.2 Å². The van der Waals surface area contributed by atoms with E-state index in [1.807, 2.05) is 0 Å². The molecule has 0 aromatic heterocycles. The van der Waals surface area contributed by atoms with Gasteiger partial charge in [-0.15, -0.1) is 20.3 Å². The Balaban J connectivity index is 0.000000276. The quantitative estimate of drug-likeness (QED) is 0.0318. The van der Waals surface area contributed by atoms with E-state index in [0.717, 1.165) is 78.0 Å². The zero-order valence-corrected chi connectivity index (χ0v) is 71.3. The molecule has 6 N–H and O–H groups in total. The number of nitrogens with one attached hydrogen (secondary N) is 6. The highest BCUT2D eigenvalue weighted by atomic mass is 16.8. The van der Waals surface area contributed by atoms with Crippen LogP contribution < -0.4 is 31.9 Å². The van der Waals surface area contributed by atoms with Crippen LogP contribution in [0.2, 0.25) is 0 Å². The van der Waals surface area contributed by atoms with Gasteiger partial charge in [0.25, 0.3) is 23.6 Å². The van der Waals surface area contributed by atoms with Crippen molar-refractivity contribution in [2.24, 2.45) is 29.6 Å². The number of carbonyl (C=O) groups is 16. The number of likely N-dealkylation sites (tertiary alicyclic amines) is 3. The van der Waals surface area contributed by atoms with Gasteiger partial charge in [0.2, 0.25) is 35.4 Å². The van der Waals surface area contributed by atoms with Crippen molar-refractivity contribution in [3.8, 4) is 0 Å². The maximum atomic E-state index is 12.4. The first-order valence-corrected chi connectivity index (χ1v) is 41.4. The number of hydroxylamine groups is 8. The Morgan fingerprint density at radius 2 is 0.569 bits per heavy atom. The second-order valence-electron chi connectivity index (χ2n) is 33.1. The van der Waals surface area contributed by atoms with Crippen molar-refractivity contribution >= 4 is 94.5 Å². The van der Waals surface area contributed by atoms with Crippen molar-refractivity contribution in [1.82, 2.24) is 66.9 Å². The fourth-order valence-electron chi connectivity index (χ4n) is 15.3. The SMILES string of the molecule is C=C1CCC(=O)N1OC(=O)C(C)[15NH]C(=O)C(C)[15NH]C(=O)C[15N]1C(C)CCCC1C.C=C1CCC(=O)N1OC(=O)C(C)[15NH]C(=O)C(C)[15NH][13C](=O)CC1C(C)CCCC1C.C=C1CCC(=O)N1O[13C](=O)C(C)CC(=O)C(C)[15NH][13C](=O)CN1C(C)CCCC1C.C=C1CCC(=O)N1O[13C](=O)C(C)C[13C](=O)C(C)N[13C](=O)CN1C(C)CCCC1C. The number of ketones is 2. The van der Waals surface area contributed by atoms with E-state index in [4.69, 9.17) is 19.4 Å². The molecule has 0 aromatic carbocycles. The summed E-state index contributed by atoms with van der Waals surface area (Å²) < 4.78 is 0. The second kappa shape index (κ2) is 46.1. The minimum atomic E-state index is -0.981. The lowest BCUT2D eigenvalue weighted by molar-refractivity contribution is -0.190. The van der Waals surface area contributed by atoms with Gasteiger partial charge in [-0.2, -0.15) is 0 Å². The molecule has 16 atom stereocenters. The van der Waals surface area contributed by atoms with Gasteiger partial charge in [0.05, 0.1) is 66.3 Å². The summed E-state index contributed by atoms with van der Waals surface area (Å²) in [4.78, 5) is 221. The molecule has 8 fully saturated rings. The van der Waals surface area contributed by atoms with Crippen LogP contribution in [0.25, 0.3) is 0 Å². The van der Waals surface area contributed by atoms with Crippen LogP contribution in [0.4, 0.5) is 0 Å². The minimum absolute atomic E-state index is 0.0781. The van der Waals surface area contributed by atoms with E-state index < -0.39 is 83.8 Å². The van der Waals surface area contributed by atoms with Gasteiger partial charge in [0, 0.05) is 81.2 Å². The first-order valence-electron chi connectivity index (χ1n) is 41.4. The molecular weight excluding hydrogens is 1510 g/mol. The molecule has 8 rings (SSSR count). The van der Waals surface area contributed by atoms with Crippen LogP contribution in [0.15, 0.2) is 49.1 Å². The molecule has 16 unspecified atom stereocenters. The fourth-order valence-corrected chi connectivity index (χ4v) is 15.3. The Bertz CT molecular complexity index is 3060. The zero-order valence-electron chi connectivity index (χ0n) is 71.3. The minimum Gasteiger partial charge on any atom is -0.345 e. The van der Waals surface area contributed by atoms with Gasteiger partial charge in [-0.1, -0.05) is 92.5 Å². The van der Waals surface area contributed by atoms with Gasteiger partial charge >= 0.3 is 23.9 Å². The number of hydrogen-bond acceptors (Lipinski definition) is 23. The predicted molar refractivity (Wildman–Crippen MR) is 427 cm³/mol. The Morgan fingerprint density at radius 3 is 0.828 bits per heavy atom. The molecule has 8 aliphatic rings. The van der Waals surface area contributed by atoms with E-state index in [1.165, 1.54) is 33.1 Å². The van der Waals surface area contributed by atoms with Crippen LogP contribution in [-0.2, 0) is 96.1 Å². The van der Waals surface area contributed by atoms with Gasteiger partial charge in [0.1, 0.15) is 24.2 Å². The maximum absolute atomic E-state index is 12.4. The van der Waals surface area contributed by atoms with E-state index in [9.17, 15) is 76.7 Å². The third kappa shape index (κ3) is 29.7. The van der Waals surface area contributed by atoms with Crippen molar-refractivity contribution < 1.29 is 96.1 Å². The van der Waals surface area contributed by atoms with E-state index in [1.54, 1.807) is 41.5 Å². The van der Waals surface area contributed by atoms with Crippen LogP contribution >= 0.6 is 0 Å². The summed E-state index contributed by atoms with van der Waals surface area (Å²) in [6.07, 6.45) is 16.4. The van der Waals surface area contributed by atoms with Gasteiger partial charge in [-0.25, -0.2) is 19.2 Å². The summed E-state index contributed by atoms with van der Waals surface area (Å²) in [7, 11) is 0. The van der Waals surface area contributed by atoms with Gasteiger partial charge in [-0.05, 0) is 165 Å². The first-order chi connectivity index (χ1) is 54.4. The summed E-state index contributed by atoms with van der Waals surface area (Å²) in [6.45, 7) is 44.9. The second-order valence-corrected chi connectivity index (χ2v) is 33.1.